The fraction of sp³-hybridized carbons (Fsp3) is 0.0833. The average Bonchev–Trinajstić information content (AvgIpc) is 3.24. The number of pyridine rings is 1. The number of alkyl halides is 3. The molecule has 1 N–H and O–H groups in total. The van der Waals surface area contributed by atoms with Gasteiger partial charge in [-0.25, -0.2) is 13.8 Å². The molecule has 34 heavy (non-hydrogen) atoms. The van der Waals surface area contributed by atoms with Crippen LogP contribution in [0.25, 0.3) is 33.5 Å². The molecule has 0 saturated carbocycles. The minimum absolute atomic E-state index is 0.0169. The number of H-pyrrole nitrogens is 1. The summed E-state index contributed by atoms with van der Waals surface area (Å²) in [5, 5.41) is 4.28. The maximum atomic E-state index is 14.1. The summed E-state index contributed by atoms with van der Waals surface area (Å²) >= 11 is 0. The highest BCUT2D eigenvalue weighted by Gasteiger charge is 2.30. The number of hydrogen-bond donors (Lipinski definition) is 1. The molecule has 0 bridgehead atoms. The minimum atomic E-state index is -4.38. The Morgan fingerprint density at radius 1 is 0.882 bits per heavy atom. The van der Waals surface area contributed by atoms with Crippen LogP contribution in [0.2, 0.25) is 0 Å². The van der Waals surface area contributed by atoms with Crippen molar-refractivity contribution in [3.63, 3.8) is 0 Å². The van der Waals surface area contributed by atoms with Gasteiger partial charge in [0.05, 0.1) is 11.1 Å². The molecule has 0 aliphatic carbocycles. The van der Waals surface area contributed by atoms with Gasteiger partial charge in [0.2, 0.25) is 12.7 Å². The van der Waals surface area contributed by atoms with Gasteiger partial charge in [-0.05, 0) is 41.0 Å². The summed E-state index contributed by atoms with van der Waals surface area (Å²) < 4.78 is 67.5. The minimum Gasteiger partial charge on any atom is -0.333 e. The monoisotopic (exact) mass is 468 g/mol. The molecule has 0 amide bonds. The zero-order valence-corrected chi connectivity index (χ0v) is 17.3. The largest absolute Gasteiger partial charge is 0.416 e. The fourth-order valence-electron chi connectivity index (χ4n) is 3.52. The summed E-state index contributed by atoms with van der Waals surface area (Å²) in [6.45, 7) is 0.311. The van der Waals surface area contributed by atoms with Crippen molar-refractivity contribution in [3.05, 3.63) is 96.1 Å². The van der Waals surface area contributed by atoms with Gasteiger partial charge in [0, 0.05) is 11.8 Å². The van der Waals surface area contributed by atoms with Gasteiger partial charge >= 0.3 is 6.18 Å². The summed E-state index contributed by atoms with van der Waals surface area (Å²) in [4.78, 5) is 11.6. The lowest BCUT2D eigenvalue weighted by molar-refractivity contribution is -0.745. The number of benzene rings is 2. The van der Waals surface area contributed by atoms with Crippen molar-refractivity contribution in [1.29, 1.82) is 0 Å². The molecule has 2 aromatic carbocycles. The van der Waals surface area contributed by atoms with Crippen LogP contribution in [0, 0.1) is 11.6 Å². The first-order valence-electron chi connectivity index (χ1n) is 10.1. The van der Waals surface area contributed by atoms with Gasteiger partial charge in [0.15, 0.2) is 11.6 Å². The van der Waals surface area contributed by atoms with Gasteiger partial charge in [0.25, 0.3) is 0 Å². The molecule has 0 saturated heterocycles. The van der Waals surface area contributed by atoms with E-state index >= 15 is 0 Å². The third-order valence-corrected chi connectivity index (χ3v) is 5.27. The fourth-order valence-corrected chi connectivity index (χ4v) is 3.52. The summed E-state index contributed by atoms with van der Waals surface area (Å²) in [5.41, 5.74) is 2.35. The first kappa shape index (κ1) is 21.6. The number of aromatic amines is 1. The van der Waals surface area contributed by atoms with Crippen LogP contribution in [-0.2, 0) is 12.7 Å². The van der Waals surface area contributed by atoms with E-state index in [1.165, 1.54) is 30.5 Å². The standard InChI is InChI=1S/C24H14F5N5/c25-19-3-1-2-18(22(19)26)23-32-20-11-31-34(13-21(20)33-23)12-17-9-6-15(10-30-17)14-4-7-16(8-5-14)24(27,28)29/h1-11,13H,12H2/p+1. The quantitative estimate of drug-likeness (QED) is 0.287. The molecule has 3 heterocycles. The lowest BCUT2D eigenvalue weighted by atomic mass is 10.1. The van der Waals surface area contributed by atoms with Crippen LogP contribution in [-0.4, -0.2) is 20.1 Å². The molecule has 5 rings (SSSR count). The van der Waals surface area contributed by atoms with Crippen LogP contribution in [0.5, 0.6) is 0 Å². The Morgan fingerprint density at radius 2 is 1.65 bits per heavy atom. The smallest absolute Gasteiger partial charge is 0.333 e. The summed E-state index contributed by atoms with van der Waals surface area (Å²) in [7, 11) is 0. The van der Waals surface area contributed by atoms with Gasteiger partial charge < -0.3 is 4.98 Å². The molecule has 3 aromatic heterocycles. The highest BCUT2D eigenvalue weighted by Crippen LogP contribution is 2.31. The van der Waals surface area contributed by atoms with E-state index in [2.05, 4.69) is 20.1 Å². The lowest BCUT2D eigenvalue weighted by Crippen LogP contribution is -2.38. The van der Waals surface area contributed by atoms with E-state index in [0.29, 0.717) is 34.4 Å². The van der Waals surface area contributed by atoms with Crippen molar-refractivity contribution >= 4 is 11.0 Å². The third-order valence-electron chi connectivity index (χ3n) is 5.27. The number of aromatic nitrogens is 5. The number of nitrogens with one attached hydrogen (secondary N) is 1. The number of halogens is 5. The normalized spacial score (nSPS) is 11.8. The number of nitrogens with zero attached hydrogens (tertiary/aromatic N) is 4. The van der Waals surface area contributed by atoms with Crippen molar-refractivity contribution in [3.8, 4) is 22.5 Å². The molecule has 0 radical (unpaired) electrons. The second kappa shape index (κ2) is 8.29. The molecule has 0 fully saturated rings. The molecular formula is C24H15F5N5+. The first-order valence-corrected chi connectivity index (χ1v) is 10.1. The van der Waals surface area contributed by atoms with Gasteiger partial charge in [-0.3, -0.25) is 4.98 Å². The van der Waals surface area contributed by atoms with Crippen LogP contribution in [0.1, 0.15) is 11.3 Å². The molecule has 170 valence electrons. The average molecular weight is 468 g/mol. The molecule has 0 aliphatic rings. The molecule has 5 nitrogen and oxygen atoms in total. The predicted octanol–water partition coefficient (Wildman–Crippen LogP) is 5.32. The SMILES string of the molecule is Fc1cccc(-c2nc3cn[n+](Cc4ccc(-c5ccc(C(F)(F)F)cc5)cn4)cc3[nH]2)c1F. The molecular weight excluding hydrogens is 453 g/mol. The second-order valence-corrected chi connectivity index (χ2v) is 7.57. The Morgan fingerprint density at radius 3 is 2.35 bits per heavy atom. The zero-order chi connectivity index (χ0) is 23.9. The zero-order valence-electron chi connectivity index (χ0n) is 17.3. The van der Waals surface area contributed by atoms with Gasteiger partial charge in [-0.2, -0.15) is 13.2 Å². The van der Waals surface area contributed by atoms with Gasteiger partial charge in [-0.15, -0.1) is 0 Å². The highest BCUT2D eigenvalue weighted by atomic mass is 19.4. The van der Waals surface area contributed by atoms with E-state index in [9.17, 15) is 22.0 Å². The topological polar surface area (TPSA) is 58.3 Å². The Labute approximate surface area is 189 Å². The molecule has 0 spiro atoms. The Bertz CT molecular complexity index is 1480. The summed E-state index contributed by atoms with van der Waals surface area (Å²) in [6.07, 6.45) is 0.377. The van der Waals surface area contributed by atoms with E-state index in [1.807, 2.05) is 0 Å². The number of imidazole rings is 1. The van der Waals surface area contributed by atoms with Crippen LogP contribution in [0.3, 0.4) is 0 Å². The van der Waals surface area contributed by atoms with E-state index in [1.54, 1.807) is 29.2 Å². The highest BCUT2D eigenvalue weighted by molar-refractivity contribution is 5.77. The van der Waals surface area contributed by atoms with E-state index in [4.69, 9.17) is 0 Å². The van der Waals surface area contributed by atoms with Crippen molar-refractivity contribution in [1.82, 2.24) is 20.1 Å². The lowest BCUT2D eigenvalue weighted by Gasteiger charge is -2.07. The number of rotatable bonds is 4. The van der Waals surface area contributed by atoms with E-state index < -0.39 is 23.4 Å². The number of fused-ring (bicyclic) bond motifs is 1. The van der Waals surface area contributed by atoms with Crippen molar-refractivity contribution < 1.29 is 26.6 Å². The summed E-state index contributed by atoms with van der Waals surface area (Å²) in [5.74, 6) is -1.76. The molecule has 10 heteroatoms. The molecule has 0 atom stereocenters. The molecule has 0 unspecified atom stereocenters. The predicted molar refractivity (Wildman–Crippen MR) is 113 cm³/mol. The van der Waals surface area contributed by atoms with Crippen molar-refractivity contribution in [2.24, 2.45) is 0 Å². The third kappa shape index (κ3) is 4.21. The van der Waals surface area contributed by atoms with Crippen LogP contribution < -0.4 is 4.68 Å². The van der Waals surface area contributed by atoms with Crippen LogP contribution >= 0.6 is 0 Å². The van der Waals surface area contributed by atoms with Gasteiger partial charge in [-0.1, -0.05) is 28.9 Å². The van der Waals surface area contributed by atoms with Gasteiger partial charge in [0.1, 0.15) is 28.7 Å². The first-order chi connectivity index (χ1) is 16.3. The Kier molecular flexibility index (Phi) is 5.27. The maximum Gasteiger partial charge on any atom is 0.416 e. The van der Waals surface area contributed by atoms with Crippen molar-refractivity contribution in [2.75, 3.05) is 0 Å². The molecule has 0 aliphatic heterocycles. The second-order valence-electron chi connectivity index (χ2n) is 7.57. The molecule has 5 aromatic rings. The van der Waals surface area contributed by atoms with Crippen molar-refractivity contribution in [2.45, 2.75) is 12.7 Å². The Hall–Kier alpha value is -4.21. The van der Waals surface area contributed by atoms with E-state index in [-0.39, 0.29) is 11.4 Å². The van der Waals surface area contributed by atoms with Crippen LogP contribution in [0.15, 0.2) is 73.2 Å². The maximum absolute atomic E-state index is 14.1. The Balaban J connectivity index is 1.35. The number of hydrogen-bond acceptors (Lipinski definition) is 3. The summed E-state index contributed by atoms with van der Waals surface area (Å²) in [6, 6.07) is 12.3. The van der Waals surface area contributed by atoms with Crippen LogP contribution in [0.4, 0.5) is 22.0 Å². The van der Waals surface area contributed by atoms with E-state index in [0.717, 1.165) is 18.2 Å².